The number of aromatic nitrogens is 3. The fourth-order valence-electron chi connectivity index (χ4n) is 4.43. The highest BCUT2D eigenvalue weighted by molar-refractivity contribution is 7.89. The Labute approximate surface area is 201 Å². The maximum atomic E-state index is 12.9. The zero-order valence-electron chi connectivity index (χ0n) is 18.7. The first-order valence-electron chi connectivity index (χ1n) is 11.2. The van der Waals surface area contributed by atoms with Crippen molar-refractivity contribution in [1.29, 1.82) is 0 Å². The molecule has 3 N–H and O–H groups in total. The summed E-state index contributed by atoms with van der Waals surface area (Å²) in [4.78, 5) is 7.62. The molecule has 0 unspecified atom stereocenters. The Hall–Kier alpha value is -3.86. The summed E-state index contributed by atoms with van der Waals surface area (Å²) >= 11 is 0. The van der Waals surface area contributed by atoms with E-state index < -0.39 is 10.0 Å². The van der Waals surface area contributed by atoms with Crippen LogP contribution in [0.1, 0.15) is 0 Å². The third kappa shape index (κ3) is 3.81. The highest BCUT2D eigenvalue weighted by Crippen LogP contribution is 2.32. The van der Waals surface area contributed by atoms with E-state index in [0.717, 1.165) is 39.1 Å². The molecule has 0 aliphatic carbocycles. The van der Waals surface area contributed by atoms with E-state index in [1.165, 1.54) is 4.31 Å². The largest absolute Gasteiger partial charge is 0.494 e. The Balaban J connectivity index is 1.29. The molecule has 1 saturated heterocycles. The minimum Gasteiger partial charge on any atom is -0.494 e. The van der Waals surface area contributed by atoms with Gasteiger partial charge in [-0.3, -0.25) is 4.40 Å². The summed E-state index contributed by atoms with van der Waals surface area (Å²) in [5, 5.41) is 14.9. The molecule has 10 heteroatoms. The van der Waals surface area contributed by atoms with Gasteiger partial charge in [0.2, 0.25) is 10.0 Å². The van der Waals surface area contributed by atoms with Crippen LogP contribution in [0.4, 0.5) is 11.4 Å². The second kappa shape index (κ2) is 8.42. The molecule has 0 amide bonds. The van der Waals surface area contributed by atoms with Crippen molar-refractivity contribution in [3.63, 3.8) is 0 Å². The van der Waals surface area contributed by atoms with Crippen molar-refractivity contribution in [3.8, 4) is 17.1 Å². The van der Waals surface area contributed by atoms with Gasteiger partial charge in [-0.25, -0.2) is 13.4 Å². The second-order valence-electron chi connectivity index (χ2n) is 8.36. The minimum absolute atomic E-state index is 0.155. The Morgan fingerprint density at radius 3 is 2.63 bits per heavy atom. The molecule has 2 aromatic carbocycles. The number of sulfonamides is 1. The summed E-state index contributed by atoms with van der Waals surface area (Å²) in [6.07, 6.45) is 5.41. The maximum Gasteiger partial charge on any atom is 0.243 e. The van der Waals surface area contributed by atoms with Crippen molar-refractivity contribution in [2.75, 3.05) is 31.6 Å². The number of ether oxygens (including phenoxy) is 1. The Morgan fingerprint density at radius 2 is 1.83 bits per heavy atom. The SMILES string of the molecule is O=S(=O)(c1ccc(Nc2ccc(-c3ccc4c(O)[nH]cc4c3)n3ccnc23)cc1)N1CCOCC1. The fourth-order valence-corrected chi connectivity index (χ4v) is 5.84. The van der Waals surface area contributed by atoms with Crippen molar-refractivity contribution >= 4 is 37.8 Å². The zero-order valence-corrected chi connectivity index (χ0v) is 19.5. The number of H-pyrrole nitrogens is 1. The Morgan fingerprint density at radius 1 is 1.03 bits per heavy atom. The van der Waals surface area contributed by atoms with Gasteiger partial charge in [-0.05, 0) is 54.1 Å². The number of morpholine rings is 1. The molecule has 0 radical (unpaired) electrons. The van der Waals surface area contributed by atoms with E-state index >= 15 is 0 Å². The number of benzene rings is 2. The smallest absolute Gasteiger partial charge is 0.243 e. The van der Waals surface area contributed by atoms with Crippen LogP contribution in [0, 0.1) is 0 Å². The molecular formula is C25H23N5O4S. The van der Waals surface area contributed by atoms with Gasteiger partial charge in [-0.15, -0.1) is 0 Å². The third-order valence-corrected chi connectivity index (χ3v) is 8.17. The van der Waals surface area contributed by atoms with Crippen LogP contribution < -0.4 is 5.32 Å². The lowest BCUT2D eigenvalue weighted by Gasteiger charge is -2.26. The Kier molecular flexibility index (Phi) is 5.21. The lowest BCUT2D eigenvalue weighted by molar-refractivity contribution is 0.0730. The van der Waals surface area contributed by atoms with Crippen molar-refractivity contribution in [1.82, 2.24) is 18.7 Å². The molecule has 5 aromatic rings. The van der Waals surface area contributed by atoms with Crippen LogP contribution in [0.5, 0.6) is 5.88 Å². The van der Waals surface area contributed by atoms with Gasteiger partial charge in [-0.2, -0.15) is 4.31 Å². The molecule has 1 aliphatic heterocycles. The molecule has 178 valence electrons. The number of pyridine rings is 1. The molecule has 0 bridgehead atoms. The topological polar surface area (TPSA) is 112 Å². The normalized spacial score (nSPS) is 15.1. The van der Waals surface area contributed by atoms with E-state index in [4.69, 9.17) is 4.74 Å². The number of aromatic amines is 1. The van der Waals surface area contributed by atoms with Gasteiger partial charge >= 0.3 is 0 Å². The Bertz CT molecular complexity index is 1630. The monoisotopic (exact) mass is 489 g/mol. The van der Waals surface area contributed by atoms with Crippen LogP contribution in [0.2, 0.25) is 0 Å². The highest BCUT2D eigenvalue weighted by atomic mass is 32.2. The summed E-state index contributed by atoms with van der Waals surface area (Å²) in [5.74, 6) is 0.155. The number of rotatable bonds is 5. The van der Waals surface area contributed by atoms with Crippen molar-refractivity contribution in [2.24, 2.45) is 0 Å². The van der Waals surface area contributed by atoms with Crippen LogP contribution >= 0.6 is 0 Å². The molecule has 0 spiro atoms. The molecule has 0 saturated carbocycles. The van der Waals surface area contributed by atoms with E-state index in [1.54, 1.807) is 36.7 Å². The molecule has 35 heavy (non-hydrogen) atoms. The summed E-state index contributed by atoms with van der Waals surface area (Å²) in [6, 6.07) is 16.6. The van der Waals surface area contributed by atoms with Crippen molar-refractivity contribution in [3.05, 3.63) is 73.2 Å². The fraction of sp³-hybridized carbons (Fsp3) is 0.160. The molecular weight excluding hydrogens is 466 g/mol. The van der Waals surface area contributed by atoms with Crippen LogP contribution in [-0.4, -0.2) is 58.5 Å². The van der Waals surface area contributed by atoms with Gasteiger partial charge in [0.15, 0.2) is 11.5 Å². The second-order valence-corrected chi connectivity index (χ2v) is 10.3. The first-order valence-corrected chi connectivity index (χ1v) is 12.7. The first kappa shape index (κ1) is 21.7. The van der Waals surface area contributed by atoms with Crippen molar-refractivity contribution < 1.29 is 18.3 Å². The number of aromatic hydroxyl groups is 1. The number of anilines is 2. The molecule has 3 aromatic heterocycles. The summed E-state index contributed by atoms with van der Waals surface area (Å²) in [5.41, 5.74) is 4.24. The number of imidazole rings is 1. The van der Waals surface area contributed by atoms with E-state index in [0.29, 0.717) is 26.3 Å². The van der Waals surface area contributed by atoms with Crippen LogP contribution in [0.15, 0.2) is 78.1 Å². The van der Waals surface area contributed by atoms with Crippen molar-refractivity contribution in [2.45, 2.75) is 4.90 Å². The van der Waals surface area contributed by atoms with E-state index in [-0.39, 0.29) is 10.8 Å². The van der Waals surface area contributed by atoms with Gasteiger partial charge < -0.3 is 20.1 Å². The maximum absolute atomic E-state index is 12.9. The molecule has 9 nitrogen and oxygen atoms in total. The minimum atomic E-state index is -3.54. The van der Waals surface area contributed by atoms with Crippen LogP contribution in [-0.2, 0) is 14.8 Å². The third-order valence-electron chi connectivity index (χ3n) is 6.26. The lowest BCUT2D eigenvalue weighted by atomic mass is 10.1. The predicted octanol–water partition coefficient (Wildman–Crippen LogP) is 3.95. The number of nitrogens with zero attached hydrogens (tertiary/aromatic N) is 3. The number of hydrogen-bond donors (Lipinski definition) is 3. The molecule has 6 rings (SSSR count). The van der Waals surface area contributed by atoms with Gasteiger partial charge in [0.1, 0.15) is 0 Å². The zero-order chi connectivity index (χ0) is 24.0. The van der Waals surface area contributed by atoms with Gasteiger partial charge in [0.05, 0.1) is 29.5 Å². The van der Waals surface area contributed by atoms with Crippen LogP contribution in [0.25, 0.3) is 27.7 Å². The average Bonchev–Trinajstić information content (AvgIpc) is 3.52. The number of fused-ring (bicyclic) bond motifs is 2. The standard InChI is InChI=1S/C25H23N5O4S/c31-25-21-6-1-17(15-18(21)16-27-25)23-8-7-22(24-26-9-10-30(23)24)28-19-2-4-20(5-3-19)35(32,33)29-11-13-34-14-12-29/h1-10,15-16,27-28,31H,11-14H2. The number of nitrogens with one attached hydrogen (secondary N) is 2. The number of hydrogen-bond acceptors (Lipinski definition) is 6. The summed E-state index contributed by atoms with van der Waals surface area (Å²) in [7, 11) is -3.54. The molecule has 4 heterocycles. The van der Waals surface area contributed by atoms with E-state index in [9.17, 15) is 13.5 Å². The summed E-state index contributed by atoms with van der Waals surface area (Å²) < 4.78 is 34.5. The summed E-state index contributed by atoms with van der Waals surface area (Å²) in [6.45, 7) is 1.56. The quantitative estimate of drug-likeness (QED) is 0.345. The molecule has 1 fully saturated rings. The lowest BCUT2D eigenvalue weighted by Crippen LogP contribution is -2.40. The van der Waals surface area contributed by atoms with Gasteiger partial charge in [-0.1, -0.05) is 6.07 Å². The van der Waals surface area contributed by atoms with Gasteiger partial charge in [0, 0.05) is 48.1 Å². The first-order chi connectivity index (χ1) is 17.0. The molecule has 1 aliphatic rings. The predicted molar refractivity (Wildman–Crippen MR) is 133 cm³/mol. The van der Waals surface area contributed by atoms with E-state index in [1.807, 2.05) is 40.9 Å². The van der Waals surface area contributed by atoms with Crippen LogP contribution in [0.3, 0.4) is 0 Å². The highest BCUT2D eigenvalue weighted by Gasteiger charge is 2.26. The van der Waals surface area contributed by atoms with Gasteiger partial charge in [0.25, 0.3) is 0 Å². The van der Waals surface area contributed by atoms with E-state index in [2.05, 4.69) is 15.3 Å². The molecule has 0 atom stereocenters. The average molecular weight is 490 g/mol.